The highest BCUT2D eigenvalue weighted by molar-refractivity contribution is 5.95. The van der Waals surface area contributed by atoms with E-state index in [2.05, 4.69) is 10.1 Å². The van der Waals surface area contributed by atoms with Crippen molar-refractivity contribution in [3.05, 3.63) is 58.2 Å². The maximum absolute atomic E-state index is 13.2. The number of rotatable bonds is 4. The van der Waals surface area contributed by atoms with E-state index in [1.165, 1.54) is 18.3 Å². The number of ether oxygens (including phenoxy) is 1. The number of hydrogen-bond donors (Lipinski definition) is 2. The van der Waals surface area contributed by atoms with Crippen molar-refractivity contribution in [2.75, 3.05) is 0 Å². The minimum atomic E-state index is -0.694. The van der Waals surface area contributed by atoms with E-state index in [1.807, 2.05) is 0 Å². The van der Waals surface area contributed by atoms with Gasteiger partial charge in [-0.25, -0.2) is 4.39 Å². The lowest BCUT2D eigenvalue weighted by Crippen LogP contribution is -2.14. The van der Waals surface area contributed by atoms with Crippen LogP contribution in [0.3, 0.4) is 0 Å². The van der Waals surface area contributed by atoms with Crippen LogP contribution >= 0.6 is 0 Å². The molecular weight excluding hydrogens is 283 g/mol. The van der Waals surface area contributed by atoms with Gasteiger partial charge in [-0.05, 0) is 12.1 Å². The number of amidine groups is 1. The molecule has 1 heterocycles. The van der Waals surface area contributed by atoms with E-state index in [0.717, 1.165) is 18.2 Å². The lowest BCUT2D eigenvalue weighted by molar-refractivity contribution is -0.385. The largest absolute Gasteiger partial charge is 0.450 e. The van der Waals surface area contributed by atoms with Crippen LogP contribution in [0.2, 0.25) is 0 Å². The van der Waals surface area contributed by atoms with Crippen molar-refractivity contribution >= 4 is 11.5 Å². The summed E-state index contributed by atoms with van der Waals surface area (Å²) in [4.78, 5) is 14.0. The van der Waals surface area contributed by atoms with E-state index >= 15 is 0 Å². The number of pyridine rings is 1. The Labute approximate surface area is 117 Å². The van der Waals surface area contributed by atoms with Gasteiger partial charge in [0.05, 0.1) is 4.92 Å². The highest BCUT2D eigenvalue weighted by atomic mass is 19.1. The molecule has 21 heavy (non-hydrogen) atoms. The molecule has 0 saturated carbocycles. The first-order valence-corrected chi connectivity index (χ1v) is 5.57. The van der Waals surface area contributed by atoms with Gasteiger partial charge in [0.25, 0.3) is 0 Å². The number of nitro groups is 1. The number of aromatic nitrogens is 1. The highest BCUT2D eigenvalue weighted by Crippen LogP contribution is 2.31. The molecular formula is C12H9FN4O4. The predicted molar refractivity (Wildman–Crippen MR) is 69.9 cm³/mol. The van der Waals surface area contributed by atoms with Gasteiger partial charge in [0.2, 0.25) is 5.75 Å². The molecule has 0 amide bonds. The Morgan fingerprint density at radius 1 is 1.43 bits per heavy atom. The Morgan fingerprint density at radius 3 is 2.86 bits per heavy atom. The molecule has 9 heteroatoms. The molecule has 0 radical (unpaired) electrons. The number of nitrogens with zero attached hydrogens (tertiary/aromatic N) is 3. The van der Waals surface area contributed by atoms with Crippen LogP contribution in [-0.2, 0) is 0 Å². The van der Waals surface area contributed by atoms with Crippen molar-refractivity contribution in [1.82, 2.24) is 4.98 Å². The number of nitrogens with two attached hydrogens (primary N) is 1. The van der Waals surface area contributed by atoms with Crippen molar-refractivity contribution in [3.63, 3.8) is 0 Å². The molecule has 0 saturated heterocycles. The Hall–Kier alpha value is -3.23. The van der Waals surface area contributed by atoms with Crippen LogP contribution in [0.5, 0.6) is 11.5 Å². The van der Waals surface area contributed by atoms with E-state index < -0.39 is 16.4 Å². The molecule has 2 rings (SSSR count). The molecule has 0 unspecified atom stereocenters. The van der Waals surface area contributed by atoms with Crippen molar-refractivity contribution in [2.45, 2.75) is 0 Å². The molecule has 1 aromatic carbocycles. The van der Waals surface area contributed by atoms with Gasteiger partial charge in [0, 0.05) is 24.4 Å². The maximum atomic E-state index is 13.2. The molecule has 108 valence electrons. The van der Waals surface area contributed by atoms with Crippen LogP contribution in [0.15, 0.2) is 41.7 Å². The fourth-order valence-corrected chi connectivity index (χ4v) is 1.51. The molecule has 0 fully saturated rings. The minimum absolute atomic E-state index is 0.106. The molecule has 0 spiro atoms. The molecule has 2 aromatic rings. The zero-order valence-electron chi connectivity index (χ0n) is 10.4. The average Bonchev–Trinajstić information content (AvgIpc) is 2.46. The zero-order chi connectivity index (χ0) is 15.4. The van der Waals surface area contributed by atoms with Crippen LogP contribution < -0.4 is 10.5 Å². The molecule has 1 aromatic heterocycles. The van der Waals surface area contributed by atoms with Gasteiger partial charge in [-0.1, -0.05) is 5.16 Å². The first kappa shape index (κ1) is 14.2. The van der Waals surface area contributed by atoms with Gasteiger partial charge in [-0.3, -0.25) is 15.1 Å². The number of nitro benzene ring substituents is 1. The number of oxime groups is 1. The Bertz CT molecular complexity index is 720. The van der Waals surface area contributed by atoms with E-state index in [1.54, 1.807) is 0 Å². The number of hydrogen-bond acceptors (Lipinski definition) is 6. The Kier molecular flexibility index (Phi) is 3.93. The van der Waals surface area contributed by atoms with E-state index in [0.29, 0.717) is 0 Å². The topological polar surface area (TPSA) is 124 Å². The lowest BCUT2D eigenvalue weighted by atomic mass is 10.3. The van der Waals surface area contributed by atoms with Crippen molar-refractivity contribution in [1.29, 1.82) is 0 Å². The summed E-state index contributed by atoms with van der Waals surface area (Å²) < 4.78 is 18.5. The van der Waals surface area contributed by atoms with Crippen LogP contribution in [-0.4, -0.2) is 21.0 Å². The third-order valence-electron chi connectivity index (χ3n) is 2.45. The molecule has 3 N–H and O–H groups in total. The summed E-state index contributed by atoms with van der Waals surface area (Å²) in [5.41, 5.74) is 5.09. The molecule has 0 atom stereocenters. The predicted octanol–water partition coefficient (Wildman–Crippen LogP) is 2.02. The van der Waals surface area contributed by atoms with Crippen LogP contribution in [0.25, 0.3) is 0 Å². The van der Waals surface area contributed by atoms with Crippen molar-refractivity contribution in [3.8, 4) is 11.5 Å². The van der Waals surface area contributed by atoms with Gasteiger partial charge in [0.1, 0.15) is 17.3 Å². The summed E-state index contributed by atoms with van der Waals surface area (Å²) in [5.74, 6) is -1.08. The maximum Gasteiger partial charge on any atom is 0.311 e. The highest BCUT2D eigenvalue weighted by Gasteiger charge is 2.17. The monoisotopic (exact) mass is 292 g/mol. The van der Waals surface area contributed by atoms with E-state index in [4.69, 9.17) is 15.7 Å². The molecule has 0 aliphatic heterocycles. The average molecular weight is 292 g/mol. The van der Waals surface area contributed by atoms with Crippen LogP contribution in [0, 0.1) is 15.9 Å². The fraction of sp³-hybridized carbons (Fsp3) is 0. The third kappa shape index (κ3) is 3.21. The number of halogens is 1. The second-order valence-electron chi connectivity index (χ2n) is 3.83. The lowest BCUT2D eigenvalue weighted by Gasteiger charge is -2.07. The van der Waals surface area contributed by atoms with Crippen LogP contribution in [0.4, 0.5) is 10.1 Å². The first-order valence-electron chi connectivity index (χ1n) is 5.57. The summed E-state index contributed by atoms with van der Waals surface area (Å²) in [6.45, 7) is 0. The zero-order valence-corrected chi connectivity index (χ0v) is 10.4. The van der Waals surface area contributed by atoms with Gasteiger partial charge in [0.15, 0.2) is 5.84 Å². The Morgan fingerprint density at radius 2 is 2.19 bits per heavy atom. The molecule has 0 bridgehead atoms. The van der Waals surface area contributed by atoms with E-state index in [-0.39, 0.29) is 23.0 Å². The summed E-state index contributed by atoms with van der Waals surface area (Å²) in [6, 6.07) is 5.53. The third-order valence-corrected chi connectivity index (χ3v) is 2.45. The SMILES string of the molecule is NC(=NO)c1cc(Oc2cc(F)ccc2[N+](=O)[O-])ccn1. The normalized spacial score (nSPS) is 11.2. The Balaban J connectivity index is 2.38. The molecule has 0 aliphatic carbocycles. The molecule has 8 nitrogen and oxygen atoms in total. The van der Waals surface area contributed by atoms with Crippen molar-refractivity contribution in [2.24, 2.45) is 10.9 Å². The second kappa shape index (κ2) is 5.82. The summed E-state index contributed by atoms with van der Waals surface area (Å²) in [6.07, 6.45) is 1.30. The first-order chi connectivity index (χ1) is 10.0. The smallest absolute Gasteiger partial charge is 0.311 e. The summed E-state index contributed by atoms with van der Waals surface area (Å²) in [7, 11) is 0. The summed E-state index contributed by atoms with van der Waals surface area (Å²) in [5, 5.41) is 22.2. The minimum Gasteiger partial charge on any atom is -0.450 e. The standard InChI is InChI=1S/C12H9FN4O4/c13-7-1-2-10(17(19)20)11(5-7)21-8-3-4-15-9(6-8)12(14)16-18/h1-6,18H,(H2,14,16). The van der Waals surface area contributed by atoms with E-state index in [9.17, 15) is 14.5 Å². The number of benzene rings is 1. The fourth-order valence-electron chi connectivity index (χ4n) is 1.51. The summed E-state index contributed by atoms with van der Waals surface area (Å²) >= 11 is 0. The van der Waals surface area contributed by atoms with Gasteiger partial charge in [-0.15, -0.1) is 0 Å². The van der Waals surface area contributed by atoms with Crippen LogP contribution in [0.1, 0.15) is 5.69 Å². The molecule has 0 aliphatic rings. The van der Waals surface area contributed by atoms with Gasteiger partial charge >= 0.3 is 5.69 Å². The quantitative estimate of drug-likeness (QED) is 0.292. The van der Waals surface area contributed by atoms with Gasteiger partial charge in [-0.2, -0.15) is 0 Å². The van der Waals surface area contributed by atoms with Gasteiger partial charge < -0.3 is 15.7 Å². The second-order valence-corrected chi connectivity index (χ2v) is 3.83. The van der Waals surface area contributed by atoms with Crippen molar-refractivity contribution < 1.29 is 19.3 Å².